The molecule has 1 aliphatic carbocycles. The molecule has 1 aliphatic rings. The Morgan fingerprint density at radius 3 is 2.25 bits per heavy atom. The van der Waals surface area contributed by atoms with Crippen molar-refractivity contribution >= 4 is 23.2 Å². The summed E-state index contributed by atoms with van der Waals surface area (Å²) in [5.74, 6) is -0.464. The maximum Gasteiger partial charge on any atom is 0.242 e. The Morgan fingerprint density at radius 1 is 0.906 bits per heavy atom. The van der Waals surface area contributed by atoms with Crippen LogP contribution in [0.5, 0.6) is 0 Å². The van der Waals surface area contributed by atoms with Crippen LogP contribution < -0.4 is 0 Å². The topological polar surface area (TPSA) is 40.6 Å². The van der Waals surface area contributed by atoms with Crippen molar-refractivity contribution in [3.05, 3.63) is 93.4 Å². The molecule has 6 heteroatoms. The molecule has 1 aromatic heterocycles. The molecule has 4 rings (SSSR count). The van der Waals surface area contributed by atoms with Crippen molar-refractivity contribution in [3.8, 4) is 0 Å². The van der Waals surface area contributed by atoms with Gasteiger partial charge in [-0.15, -0.1) is 11.3 Å². The van der Waals surface area contributed by atoms with Crippen LogP contribution in [0.2, 0.25) is 0 Å². The number of aryl methyl sites for hydroxylation is 1. The van der Waals surface area contributed by atoms with Crippen molar-refractivity contribution in [3.63, 3.8) is 0 Å². The van der Waals surface area contributed by atoms with Crippen molar-refractivity contribution in [2.45, 2.75) is 45.3 Å². The number of amides is 2. The summed E-state index contributed by atoms with van der Waals surface area (Å²) in [7, 11) is 0. The van der Waals surface area contributed by atoms with Gasteiger partial charge in [-0.3, -0.25) is 9.59 Å². The van der Waals surface area contributed by atoms with Gasteiger partial charge < -0.3 is 9.80 Å². The van der Waals surface area contributed by atoms with Gasteiger partial charge in [0.2, 0.25) is 11.8 Å². The third-order valence-corrected chi connectivity index (χ3v) is 6.58. The van der Waals surface area contributed by atoms with Crippen molar-refractivity contribution in [1.29, 1.82) is 0 Å². The minimum absolute atomic E-state index is 0.0562. The van der Waals surface area contributed by atoms with Crippen LogP contribution >= 0.6 is 11.3 Å². The lowest BCUT2D eigenvalue weighted by molar-refractivity contribution is -0.141. The highest BCUT2D eigenvalue weighted by molar-refractivity contribution is 7.11. The molecule has 0 bridgehead atoms. The largest absolute Gasteiger partial charge is 0.332 e. The maximum absolute atomic E-state index is 13.4. The monoisotopic (exact) mass is 450 g/mol. The highest BCUT2D eigenvalue weighted by atomic mass is 32.1. The predicted molar refractivity (Wildman–Crippen MR) is 125 cm³/mol. The third-order valence-electron chi connectivity index (χ3n) is 5.59. The van der Waals surface area contributed by atoms with Crippen LogP contribution in [0.1, 0.15) is 33.7 Å². The molecule has 0 atom stereocenters. The first kappa shape index (κ1) is 22.2. The fourth-order valence-corrected chi connectivity index (χ4v) is 4.63. The molecule has 1 fully saturated rings. The Balaban J connectivity index is 1.47. The molecule has 0 aliphatic heterocycles. The number of halogens is 1. The van der Waals surface area contributed by atoms with Gasteiger partial charge in [0, 0.05) is 22.3 Å². The second kappa shape index (κ2) is 10.1. The Labute approximate surface area is 192 Å². The highest BCUT2D eigenvalue weighted by Crippen LogP contribution is 2.28. The van der Waals surface area contributed by atoms with Crippen LogP contribution in [0.4, 0.5) is 4.39 Å². The first-order chi connectivity index (χ1) is 15.5. The first-order valence-corrected chi connectivity index (χ1v) is 11.7. The van der Waals surface area contributed by atoms with Gasteiger partial charge in [0.15, 0.2) is 0 Å². The van der Waals surface area contributed by atoms with Crippen LogP contribution in [-0.4, -0.2) is 34.2 Å². The summed E-state index contributed by atoms with van der Waals surface area (Å²) in [5, 5.41) is 0. The zero-order valence-electron chi connectivity index (χ0n) is 18.2. The average molecular weight is 451 g/mol. The molecular formula is C26H27FN2O2S. The summed E-state index contributed by atoms with van der Waals surface area (Å²) in [6.07, 6.45) is 2.02. The van der Waals surface area contributed by atoms with Gasteiger partial charge in [0.1, 0.15) is 12.4 Å². The SMILES string of the molecule is Cc1ccc(CN(Cc2ccccc2)C(=O)CN(C(=O)Cc2ccc(F)cc2)C2CC2)s1. The number of carbonyl (C=O) groups is 2. The minimum atomic E-state index is -0.323. The van der Waals surface area contributed by atoms with E-state index in [9.17, 15) is 14.0 Å². The maximum atomic E-state index is 13.4. The Bertz CT molecular complexity index is 1060. The number of rotatable bonds is 9. The lowest BCUT2D eigenvalue weighted by atomic mass is 10.1. The number of nitrogens with zero attached hydrogens (tertiary/aromatic N) is 2. The molecule has 0 N–H and O–H groups in total. The van der Waals surface area contributed by atoms with E-state index in [2.05, 4.69) is 19.1 Å². The highest BCUT2D eigenvalue weighted by Gasteiger charge is 2.34. The molecule has 2 aromatic carbocycles. The van der Waals surface area contributed by atoms with Crippen molar-refractivity contribution in [1.82, 2.24) is 9.80 Å². The smallest absolute Gasteiger partial charge is 0.242 e. The second-order valence-corrected chi connectivity index (χ2v) is 9.68. The molecule has 0 saturated heterocycles. The van der Waals surface area contributed by atoms with E-state index in [1.54, 1.807) is 28.4 Å². The summed E-state index contributed by atoms with van der Waals surface area (Å²) in [6.45, 7) is 3.15. The molecule has 1 saturated carbocycles. The quantitative estimate of drug-likeness (QED) is 0.462. The normalized spacial score (nSPS) is 13.1. The average Bonchev–Trinajstić information content (AvgIpc) is 3.55. The van der Waals surface area contributed by atoms with Gasteiger partial charge in [-0.05, 0) is 55.2 Å². The molecule has 0 radical (unpaired) electrons. The minimum Gasteiger partial charge on any atom is -0.332 e. The van der Waals surface area contributed by atoms with Crippen LogP contribution in [0, 0.1) is 12.7 Å². The molecule has 166 valence electrons. The fraction of sp³-hybridized carbons (Fsp3) is 0.308. The van der Waals surface area contributed by atoms with E-state index >= 15 is 0 Å². The van der Waals surface area contributed by atoms with Crippen molar-refractivity contribution in [2.75, 3.05) is 6.54 Å². The van der Waals surface area contributed by atoms with Crippen molar-refractivity contribution < 1.29 is 14.0 Å². The summed E-state index contributed by atoms with van der Waals surface area (Å²) in [6, 6.07) is 20.1. The molecule has 32 heavy (non-hydrogen) atoms. The lowest BCUT2D eigenvalue weighted by Crippen LogP contribution is -2.44. The number of hydrogen-bond acceptors (Lipinski definition) is 3. The van der Waals surface area contributed by atoms with Gasteiger partial charge >= 0.3 is 0 Å². The van der Waals surface area contributed by atoms with Gasteiger partial charge in [-0.2, -0.15) is 0 Å². The zero-order valence-corrected chi connectivity index (χ0v) is 19.0. The van der Waals surface area contributed by atoms with Gasteiger partial charge in [0.25, 0.3) is 0 Å². The van der Waals surface area contributed by atoms with Gasteiger partial charge in [-0.25, -0.2) is 4.39 Å². The summed E-state index contributed by atoms with van der Waals surface area (Å²) < 4.78 is 13.2. The zero-order chi connectivity index (χ0) is 22.5. The second-order valence-electron chi connectivity index (χ2n) is 8.30. The first-order valence-electron chi connectivity index (χ1n) is 10.9. The number of thiophene rings is 1. The standard InChI is InChI=1S/C26H27FN2O2S/c1-19-7-14-24(32-19)17-28(16-21-5-3-2-4-6-21)26(31)18-29(23-12-13-23)25(30)15-20-8-10-22(27)11-9-20/h2-11,14,23H,12-13,15-18H2,1H3. The molecule has 4 nitrogen and oxygen atoms in total. The molecular weight excluding hydrogens is 423 g/mol. The molecule has 0 spiro atoms. The number of benzene rings is 2. The molecule has 2 amide bonds. The number of hydrogen-bond donors (Lipinski definition) is 0. The van der Waals surface area contributed by atoms with E-state index in [0.717, 1.165) is 28.8 Å². The van der Waals surface area contributed by atoms with E-state index in [0.29, 0.717) is 13.1 Å². The summed E-state index contributed by atoms with van der Waals surface area (Å²) in [5.41, 5.74) is 1.81. The Hall–Kier alpha value is -2.99. The third kappa shape index (κ3) is 6.04. The van der Waals surface area contributed by atoms with Crippen molar-refractivity contribution in [2.24, 2.45) is 0 Å². The fourth-order valence-electron chi connectivity index (χ4n) is 3.73. The molecule has 0 unspecified atom stereocenters. The number of carbonyl (C=O) groups excluding carboxylic acids is 2. The van der Waals surface area contributed by atoms with Gasteiger partial charge in [-0.1, -0.05) is 42.5 Å². The van der Waals surface area contributed by atoms with E-state index in [4.69, 9.17) is 0 Å². The van der Waals surface area contributed by atoms with Gasteiger partial charge in [0.05, 0.1) is 13.0 Å². The Kier molecular flexibility index (Phi) is 7.00. The van der Waals surface area contributed by atoms with Crippen LogP contribution in [0.3, 0.4) is 0 Å². The predicted octanol–water partition coefficient (Wildman–Crippen LogP) is 4.96. The molecule has 3 aromatic rings. The van der Waals surface area contributed by atoms with E-state index < -0.39 is 0 Å². The van der Waals surface area contributed by atoms with E-state index in [1.807, 2.05) is 35.2 Å². The summed E-state index contributed by atoms with van der Waals surface area (Å²) >= 11 is 1.69. The van der Waals surface area contributed by atoms with Crippen LogP contribution in [-0.2, 0) is 29.1 Å². The Morgan fingerprint density at radius 2 is 1.62 bits per heavy atom. The summed E-state index contributed by atoms with van der Waals surface area (Å²) in [4.78, 5) is 32.3. The van der Waals surface area contributed by atoms with E-state index in [-0.39, 0.29) is 36.6 Å². The van der Waals surface area contributed by atoms with E-state index in [1.165, 1.54) is 17.0 Å². The van der Waals surface area contributed by atoms with Crippen LogP contribution in [0.15, 0.2) is 66.7 Å². The van der Waals surface area contributed by atoms with Crippen LogP contribution in [0.25, 0.3) is 0 Å². The molecule has 1 heterocycles. The lowest BCUT2D eigenvalue weighted by Gasteiger charge is -2.28.